The summed E-state index contributed by atoms with van der Waals surface area (Å²) in [5, 5.41) is 14.4. The summed E-state index contributed by atoms with van der Waals surface area (Å²) in [6.07, 6.45) is 3.73. The van der Waals surface area contributed by atoms with Crippen LogP contribution in [0.3, 0.4) is 0 Å². The Morgan fingerprint density at radius 3 is 2.31 bits per heavy atom. The number of unbranched alkanes of at least 4 members (excludes halogenated alkanes) is 2. The van der Waals surface area contributed by atoms with Gasteiger partial charge in [-0.25, -0.2) is 0 Å². The molecule has 0 radical (unpaired) electrons. The Bertz CT molecular complexity index is 1260. The van der Waals surface area contributed by atoms with Crippen LogP contribution in [0.25, 0.3) is 0 Å². The number of carboxylic acid groups (broad SMARTS) is 1. The van der Waals surface area contributed by atoms with Crippen LogP contribution in [0.4, 0.5) is 0 Å². The van der Waals surface area contributed by atoms with Gasteiger partial charge in [0.25, 0.3) is 5.91 Å². The number of ether oxygens (including phenoxy) is 1. The van der Waals surface area contributed by atoms with Crippen LogP contribution < -0.4 is 10.6 Å². The number of nitrogens with one attached hydrogen (secondary N) is 2. The highest BCUT2D eigenvalue weighted by Gasteiger charge is 2.36. The van der Waals surface area contributed by atoms with Gasteiger partial charge in [0.2, 0.25) is 11.8 Å². The van der Waals surface area contributed by atoms with E-state index in [1.165, 1.54) is 0 Å². The van der Waals surface area contributed by atoms with Crippen LogP contribution in [0.1, 0.15) is 67.8 Å². The van der Waals surface area contributed by atoms with Gasteiger partial charge in [0, 0.05) is 44.1 Å². The predicted molar refractivity (Wildman–Crippen MR) is 169 cm³/mol. The van der Waals surface area contributed by atoms with E-state index >= 15 is 0 Å². The molecule has 0 saturated carbocycles. The number of likely N-dealkylation sites (N-methyl/N-ethyl adjacent to an activating group) is 1. The quantitative estimate of drug-likeness (QED) is 0.170. The number of esters is 1. The Labute approximate surface area is 265 Å². The molecule has 11 nitrogen and oxygen atoms in total. The number of carbonyl (C=O) groups excluding carboxylic acids is 4. The predicted octanol–water partition coefficient (Wildman–Crippen LogP) is 3.03. The fourth-order valence-corrected chi connectivity index (χ4v) is 5.29. The lowest BCUT2D eigenvalue weighted by molar-refractivity contribution is -0.148. The van der Waals surface area contributed by atoms with E-state index < -0.39 is 29.9 Å². The first-order valence-electron chi connectivity index (χ1n) is 15.7. The number of amides is 3. The standard InChI is InChI=1S/C34H46N4O7/c1-25(35-2)32(42)36-29(24-45-31(41)19-11-5-10-18-30(39)40)34(44)38-21-12-17-28(38)23-37(22-20-26-13-6-3-7-14-26)33(43)27-15-8-4-9-16-27/h3-4,6-9,13-16,25,28-29,35H,5,10-12,17-24H2,1-2H3,(H,36,42)(H,39,40)/t25-,28-,29-/m0/s1. The molecule has 1 heterocycles. The van der Waals surface area contributed by atoms with Crippen molar-refractivity contribution in [3.8, 4) is 0 Å². The molecular weight excluding hydrogens is 576 g/mol. The lowest BCUT2D eigenvalue weighted by atomic mass is 10.1. The topological polar surface area (TPSA) is 145 Å². The molecule has 0 aliphatic carbocycles. The lowest BCUT2D eigenvalue weighted by Gasteiger charge is -2.33. The summed E-state index contributed by atoms with van der Waals surface area (Å²) in [5.41, 5.74) is 1.68. The van der Waals surface area contributed by atoms with Crippen molar-refractivity contribution in [1.29, 1.82) is 0 Å². The molecule has 0 spiro atoms. The van der Waals surface area contributed by atoms with Crippen LogP contribution >= 0.6 is 0 Å². The number of benzene rings is 2. The van der Waals surface area contributed by atoms with Gasteiger partial charge in [0.15, 0.2) is 0 Å². The average molecular weight is 623 g/mol. The maximum absolute atomic E-state index is 13.9. The normalized spacial score (nSPS) is 15.6. The highest BCUT2D eigenvalue weighted by molar-refractivity contribution is 5.94. The van der Waals surface area contributed by atoms with Gasteiger partial charge in [-0.1, -0.05) is 55.0 Å². The summed E-state index contributed by atoms with van der Waals surface area (Å²) in [4.78, 5) is 67.0. The number of aliphatic carboxylic acids is 1. The number of hydrogen-bond acceptors (Lipinski definition) is 7. The molecule has 1 saturated heterocycles. The molecule has 1 aliphatic heterocycles. The zero-order valence-electron chi connectivity index (χ0n) is 26.3. The molecule has 0 aromatic heterocycles. The van der Waals surface area contributed by atoms with Gasteiger partial charge in [-0.05, 0) is 63.8 Å². The summed E-state index contributed by atoms with van der Waals surface area (Å²) in [6, 6.07) is 17.1. The first kappa shape index (κ1) is 35.2. The second kappa shape index (κ2) is 18.5. The van der Waals surface area contributed by atoms with E-state index in [0.29, 0.717) is 57.3 Å². The Hall–Kier alpha value is -4.25. The van der Waals surface area contributed by atoms with Crippen molar-refractivity contribution in [3.05, 3.63) is 71.8 Å². The van der Waals surface area contributed by atoms with E-state index in [2.05, 4.69) is 10.6 Å². The molecule has 0 bridgehead atoms. The second-order valence-corrected chi connectivity index (χ2v) is 11.4. The molecule has 244 valence electrons. The number of nitrogens with zero attached hydrogens (tertiary/aromatic N) is 2. The van der Waals surface area contributed by atoms with Crippen LogP contribution in [0, 0.1) is 0 Å². The van der Waals surface area contributed by atoms with Crippen molar-refractivity contribution in [2.75, 3.05) is 33.3 Å². The first-order valence-corrected chi connectivity index (χ1v) is 15.7. The first-order chi connectivity index (χ1) is 21.7. The fraction of sp³-hybridized carbons (Fsp3) is 0.500. The second-order valence-electron chi connectivity index (χ2n) is 11.4. The Balaban J connectivity index is 1.70. The van der Waals surface area contributed by atoms with Gasteiger partial charge >= 0.3 is 11.9 Å². The summed E-state index contributed by atoms with van der Waals surface area (Å²) in [6.45, 7) is 2.61. The fourth-order valence-electron chi connectivity index (χ4n) is 5.29. The van der Waals surface area contributed by atoms with Crippen LogP contribution in [0.15, 0.2) is 60.7 Å². The average Bonchev–Trinajstić information content (AvgIpc) is 3.52. The zero-order chi connectivity index (χ0) is 32.6. The van der Waals surface area contributed by atoms with E-state index in [0.717, 1.165) is 12.0 Å². The summed E-state index contributed by atoms with van der Waals surface area (Å²) in [5.74, 6) is -2.28. The molecule has 3 atom stereocenters. The third kappa shape index (κ3) is 11.6. The number of hydrogen-bond donors (Lipinski definition) is 3. The van der Waals surface area contributed by atoms with Gasteiger partial charge in [0.1, 0.15) is 12.6 Å². The molecule has 3 rings (SSSR count). The summed E-state index contributed by atoms with van der Waals surface area (Å²) < 4.78 is 5.42. The molecule has 2 aromatic carbocycles. The SMILES string of the molecule is CN[C@@H](C)C(=O)N[C@@H](COC(=O)CCCCCC(=O)O)C(=O)N1CCC[C@H]1CN(CCc1ccccc1)C(=O)c1ccccc1. The van der Waals surface area contributed by atoms with Gasteiger partial charge in [0.05, 0.1) is 6.04 Å². The third-order valence-electron chi connectivity index (χ3n) is 8.04. The largest absolute Gasteiger partial charge is 0.481 e. The maximum atomic E-state index is 13.9. The van der Waals surface area contributed by atoms with Crippen molar-refractivity contribution in [3.63, 3.8) is 0 Å². The van der Waals surface area contributed by atoms with Crippen molar-refractivity contribution in [1.82, 2.24) is 20.4 Å². The third-order valence-corrected chi connectivity index (χ3v) is 8.04. The van der Waals surface area contributed by atoms with Crippen LogP contribution in [-0.2, 0) is 30.3 Å². The molecule has 11 heteroatoms. The molecule has 2 aromatic rings. The Morgan fingerprint density at radius 1 is 0.978 bits per heavy atom. The Kier molecular flexibility index (Phi) is 14.5. The highest BCUT2D eigenvalue weighted by atomic mass is 16.5. The lowest BCUT2D eigenvalue weighted by Crippen LogP contribution is -2.56. The monoisotopic (exact) mass is 622 g/mol. The van der Waals surface area contributed by atoms with E-state index in [1.54, 1.807) is 35.9 Å². The van der Waals surface area contributed by atoms with Crippen LogP contribution in [0.5, 0.6) is 0 Å². The zero-order valence-corrected chi connectivity index (χ0v) is 26.3. The minimum absolute atomic E-state index is 0.0406. The smallest absolute Gasteiger partial charge is 0.305 e. The molecule has 1 aliphatic rings. The van der Waals surface area contributed by atoms with Crippen molar-refractivity contribution in [2.45, 2.75) is 76.4 Å². The van der Waals surface area contributed by atoms with E-state index in [-0.39, 0.29) is 37.3 Å². The maximum Gasteiger partial charge on any atom is 0.305 e. The van der Waals surface area contributed by atoms with Crippen molar-refractivity contribution < 1.29 is 33.8 Å². The van der Waals surface area contributed by atoms with Crippen molar-refractivity contribution in [2.24, 2.45) is 0 Å². The number of carboxylic acids is 1. The van der Waals surface area contributed by atoms with Gasteiger partial charge in [-0.2, -0.15) is 0 Å². The van der Waals surface area contributed by atoms with E-state index in [4.69, 9.17) is 9.84 Å². The molecular formula is C34H46N4O7. The molecule has 3 N–H and O–H groups in total. The number of carbonyl (C=O) groups is 5. The minimum atomic E-state index is -1.09. The molecule has 1 fully saturated rings. The van der Waals surface area contributed by atoms with Crippen LogP contribution in [0.2, 0.25) is 0 Å². The summed E-state index contributed by atoms with van der Waals surface area (Å²) in [7, 11) is 1.63. The Morgan fingerprint density at radius 2 is 1.64 bits per heavy atom. The van der Waals surface area contributed by atoms with E-state index in [9.17, 15) is 24.0 Å². The number of rotatable bonds is 18. The summed E-state index contributed by atoms with van der Waals surface area (Å²) >= 11 is 0. The highest BCUT2D eigenvalue weighted by Crippen LogP contribution is 2.21. The van der Waals surface area contributed by atoms with Crippen molar-refractivity contribution >= 4 is 29.7 Å². The molecule has 45 heavy (non-hydrogen) atoms. The molecule has 0 unspecified atom stereocenters. The van der Waals surface area contributed by atoms with Crippen LogP contribution in [-0.4, -0.2) is 96.0 Å². The van der Waals surface area contributed by atoms with Gasteiger partial charge in [-0.3, -0.25) is 24.0 Å². The van der Waals surface area contributed by atoms with E-state index in [1.807, 2.05) is 48.5 Å². The van der Waals surface area contributed by atoms with Gasteiger partial charge < -0.3 is 30.3 Å². The minimum Gasteiger partial charge on any atom is -0.481 e. The molecule has 3 amide bonds. The van der Waals surface area contributed by atoms with Gasteiger partial charge in [-0.15, -0.1) is 0 Å². The number of likely N-dealkylation sites (tertiary alicyclic amines) is 1.